The average Bonchev–Trinajstić information content (AvgIpc) is 2.50. The van der Waals surface area contributed by atoms with E-state index >= 15 is 0 Å². The topological polar surface area (TPSA) is 74.9 Å². The normalized spacial score (nSPS) is 12.3. The highest BCUT2D eigenvalue weighted by molar-refractivity contribution is 9.10. The first-order valence-corrected chi connectivity index (χ1v) is 7.91. The Morgan fingerprint density at radius 1 is 1.30 bits per heavy atom. The quantitative estimate of drug-likeness (QED) is 0.629. The van der Waals surface area contributed by atoms with Crippen molar-refractivity contribution in [3.05, 3.63) is 57.8 Å². The molecule has 0 saturated carbocycles. The number of aromatic nitrogens is 1. The standard InChI is InChI=1S/C17H19BrN2O3/c1-17(2,3)23-20-16(13-9-12(18)6-7-14(13)22)15-11(10-21)5-4-8-19-15/h4-9,21-22H,10H2,1-3H3. The average molecular weight is 379 g/mol. The fraction of sp³-hybridized carbons (Fsp3) is 0.294. The molecule has 1 aromatic carbocycles. The van der Waals surface area contributed by atoms with Crippen LogP contribution in [0, 0.1) is 0 Å². The zero-order valence-electron chi connectivity index (χ0n) is 13.2. The van der Waals surface area contributed by atoms with Gasteiger partial charge in [-0.2, -0.15) is 0 Å². The number of aliphatic hydroxyl groups is 1. The van der Waals surface area contributed by atoms with Crippen LogP contribution in [0.2, 0.25) is 0 Å². The second-order valence-electron chi connectivity index (χ2n) is 5.97. The molecule has 1 aromatic heterocycles. The summed E-state index contributed by atoms with van der Waals surface area (Å²) in [5.41, 5.74) is 1.40. The van der Waals surface area contributed by atoms with Gasteiger partial charge in [0.05, 0.1) is 12.3 Å². The van der Waals surface area contributed by atoms with Crippen molar-refractivity contribution >= 4 is 21.6 Å². The summed E-state index contributed by atoms with van der Waals surface area (Å²) in [5, 5.41) is 24.0. The molecular formula is C17H19BrN2O3. The summed E-state index contributed by atoms with van der Waals surface area (Å²) in [6.45, 7) is 5.44. The Bertz CT molecular complexity index is 724. The van der Waals surface area contributed by atoms with Gasteiger partial charge in [0.15, 0.2) is 0 Å². The van der Waals surface area contributed by atoms with Crippen LogP contribution >= 0.6 is 15.9 Å². The highest BCUT2D eigenvalue weighted by atomic mass is 79.9. The number of hydrogen-bond donors (Lipinski definition) is 2. The summed E-state index contributed by atoms with van der Waals surface area (Å²) in [6, 6.07) is 8.51. The van der Waals surface area contributed by atoms with Crippen LogP contribution in [0.3, 0.4) is 0 Å². The van der Waals surface area contributed by atoms with E-state index in [1.54, 1.807) is 36.5 Å². The second kappa shape index (κ2) is 7.10. The van der Waals surface area contributed by atoms with Crippen molar-refractivity contribution in [2.75, 3.05) is 0 Å². The fourth-order valence-electron chi connectivity index (χ4n) is 1.88. The molecule has 2 aromatic rings. The van der Waals surface area contributed by atoms with Gasteiger partial charge in [-0.15, -0.1) is 0 Å². The molecule has 23 heavy (non-hydrogen) atoms. The summed E-state index contributed by atoms with van der Waals surface area (Å²) in [4.78, 5) is 9.84. The van der Waals surface area contributed by atoms with Crippen molar-refractivity contribution in [3.63, 3.8) is 0 Å². The minimum atomic E-state index is -0.499. The van der Waals surface area contributed by atoms with Gasteiger partial charge in [0.25, 0.3) is 0 Å². The number of halogens is 1. The van der Waals surface area contributed by atoms with Crippen LogP contribution in [0.15, 0.2) is 46.2 Å². The number of benzene rings is 1. The maximum Gasteiger partial charge on any atom is 0.139 e. The van der Waals surface area contributed by atoms with Gasteiger partial charge in [0.1, 0.15) is 17.1 Å². The molecule has 6 heteroatoms. The van der Waals surface area contributed by atoms with Crippen LogP contribution in [-0.2, 0) is 11.4 Å². The van der Waals surface area contributed by atoms with Crippen LogP contribution < -0.4 is 0 Å². The molecule has 5 nitrogen and oxygen atoms in total. The zero-order valence-corrected chi connectivity index (χ0v) is 14.8. The predicted octanol–water partition coefficient (Wildman–Crippen LogP) is 3.61. The highest BCUT2D eigenvalue weighted by Crippen LogP contribution is 2.26. The Kier molecular flexibility index (Phi) is 5.38. The Balaban J connectivity index is 2.63. The van der Waals surface area contributed by atoms with Crippen LogP contribution in [0.25, 0.3) is 0 Å². The van der Waals surface area contributed by atoms with Crippen molar-refractivity contribution in [3.8, 4) is 5.75 Å². The highest BCUT2D eigenvalue weighted by Gasteiger charge is 2.19. The molecular weight excluding hydrogens is 360 g/mol. The van der Waals surface area contributed by atoms with Crippen molar-refractivity contribution < 1.29 is 15.1 Å². The predicted molar refractivity (Wildman–Crippen MR) is 92.4 cm³/mol. The number of phenols is 1. The first-order chi connectivity index (χ1) is 10.8. The van der Waals surface area contributed by atoms with E-state index in [1.165, 1.54) is 0 Å². The minimum absolute atomic E-state index is 0.0546. The van der Waals surface area contributed by atoms with Crippen LogP contribution in [0.5, 0.6) is 5.75 Å². The van der Waals surface area contributed by atoms with Gasteiger partial charge in [-0.1, -0.05) is 27.2 Å². The van der Waals surface area contributed by atoms with Gasteiger partial charge >= 0.3 is 0 Å². The van der Waals surface area contributed by atoms with Gasteiger partial charge < -0.3 is 15.1 Å². The van der Waals surface area contributed by atoms with E-state index < -0.39 is 5.60 Å². The molecule has 0 amide bonds. The summed E-state index contributed by atoms with van der Waals surface area (Å²) < 4.78 is 0.787. The number of nitrogens with zero attached hydrogens (tertiary/aromatic N) is 2. The minimum Gasteiger partial charge on any atom is -0.507 e. The van der Waals surface area contributed by atoms with Gasteiger partial charge in [0, 0.05) is 21.8 Å². The van der Waals surface area contributed by atoms with Crippen LogP contribution in [0.4, 0.5) is 0 Å². The molecule has 0 bridgehead atoms. The monoisotopic (exact) mass is 378 g/mol. The largest absolute Gasteiger partial charge is 0.507 e. The molecule has 122 valence electrons. The molecule has 0 fully saturated rings. The van der Waals surface area contributed by atoms with E-state index in [-0.39, 0.29) is 12.4 Å². The molecule has 0 aliphatic heterocycles. The molecule has 0 aliphatic rings. The first-order valence-electron chi connectivity index (χ1n) is 7.12. The third-order valence-corrected chi connectivity index (χ3v) is 3.40. The summed E-state index contributed by atoms with van der Waals surface area (Å²) in [6.07, 6.45) is 1.61. The lowest BCUT2D eigenvalue weighted by molar-refractivity contribution is 0.00110. The molecule has 0 spiro atoms. The molecule has 2 N–H and O–H groups in total. The molecule has 0 radical (unpaired) electrons. The summed E-state index contributed by atoms with van der Waals surface area (Å²) in [5.74, 6) is 0.0546. The molecule has 2 rings (SSSR count). The molecule has 1 heterocycles. The number of aromatic hydroxyl groups is 1. The molecule has 0 atom stereocenters. The van der Waals surface area contributed by atoms with E-state index in [2.05, 4.69) is 26.1 Å². The Morgan fingerprint density at radius 2 is 2.04 bits per heavy atom. The third kappa shape index (κ3) is 4.53. The smallest absolute Gasteiger partial charge is 0.139 e. The van der Waals surface area contributed by atoms with E-state index in [4.69, 9.17) is 4.84 Å². The second-order valence-corrected chi connectivity index (χ2v) is 6.89. The maximum absolute atomic E-state index is 10.2. The lowest BCUT2D eigenvalue weighted by Gasteiger charge is -2.18. The van der Waals surface area contributed by atoms with Crippen LogP contribution in [-0.4, -0.2) is 26.5 Å². The number of rotatable bonds is 4. The van der Waals surface area contributed by atoms with Gasteiger partial charge in [-0.05, 0) is 45.0 Å². The Labute approximate surface area is 143 Å². The van der Waals surface area contributed by atoms with Crippen molar-refractivity contribution in [2.24, 2.45) is 5.16 Å². The number of oxime groups is 1. The number of hydrogen-bond acceptors (Lipinski definition) is 5. The Hall–Kier alpha value is -1.92. The Morgan fingerprint density at radius 3 is 2.70 bits per heavy atom. The van der Waals surface area contributed by atoms with Gasteiger partial charge in [-0.3, -0.25) is 4.98 Å². The molecule has 0 aliphatic carbocycles. The van der Waals surface area contributed by atoms with Crippen LogP contribution in [0.1, 0.15) is 37.6 Å². The van der Waals surface area contributed by atoms with E-state index in [0.717, 1.165) is 4.47 Å². The van der Waals surface area contributed by atoms with Crippen molar-refractivity contribution in [1.29, 1.82) is 0 Å². The first kappa shape index (κ1) is 17.4. The fourth-order valence-corrected chi connectivity index (χ4v) is 2.24. The number of phenolic OH excluding ortho intramolecular Hbond substituents is 1. The van der Waals surface area contributed by atoms with Gasteiger partial charge in [0.2, 0.25) is 0 Å². The van der Waals surface area contributed by atoms with Crippen molar-refractivity contribution in [2.45, 2.75) is 33.0 Å². The summed E-state index contributed by atoms with van der Waals surface area (Å²) >= 11 is 3.39. The zero-order chi connectivity index (χ0) is 17.0. The van der Waals surface area contributed by atoms with E-state index in [9.17, 15) is 10.2 Å². The number of aliphatic hydroxyl groups excluding tert-OH is 1. The third-order valence-electron chi connectivity index (χ3n) is 2.91. The lowest BCUT2D eigenvalue weighted by Crippen LogP contribution is -2.19. The molecule has 0 unspecified atom stereocenters. The number of pyridine rings is 1. The van der Waals surface area contributed by atoms with Gasteiger partial charge in [-0.25, -0.2) is 0 Å². The maximum atomic E-state index is 10.2. The summed E-state index contributed by atoms with van der Waals surface area (Å²) in [7, 11) is 0. The SMILES string of the molecule is CC(C)(C)ON=C(c1cc(Br)ccc1O)c1ncccc1CO. The van der Waals surface area contributed by atoms with E-state index in [0.29, 0.717) is 22.5 Å². The molecule has 0 saturated heterocycles. The van der Waals surface area contributed by atoms with E-state index in [1.807, 2.05) is 20.8 Å². The van der Waals surface area contributed by atoms with Crippen molar-refractivity contribution in [1.82, 2.24) is 4.98 Å². The lowest BCUT2D eigenvalue weighted by atomic mass is 10.0.